The van der Waals surface area contributed by atoms with E-state index in [0.717, 1.165) is 66.6 Å². The highest BCUT2D eigenvalue weighted by atomic mass is 16.3. The summed E-state index contributed by atoms with van der Waals surface area (Å²) >= 11 is 0. The number of furan rings is 1. The minimum atomic E-state index is 0.886. The van der Waals surface area contributed by atoms with E-state index in [0.29, 0.717) is 0 Å². The average Bonchev–Trinajstić information content (AvgIpc) is 3.74. The van der Waals surface area contributed by atoms with Gasteiger partial charge in [0.1, 0.15) is 11.2 Å². The molecule has 0 spiro atoms. The van der Waals surface area contributed by atoms with E-state index < -0.39 is 0 Å². The van der Waals surface area contributed by atoms with Crippen LogP contribution in [0.2, 0.25) is 0 Å². The van der Waals surface area contributed by atoms with Crippen LogP contribution in [0.25, 0.3) is 98.8 Å². The fourth-order valence-electron chi connectivity index (χ4n) is 9.38. The van der Waals surface area contributed by atoms with Gasteiger partial charge in [0.05, 0.1) is 0 Å². The largest absolute Gasteiger partial charge is 0.455 e. The second-order valence-electron chi connectivity index (χ2n) is 16.1. The van der Waals surface area contributed by atoms with Crippen LogP contribution in [0, 0.1) is 0 Å². The Bertz CT molecular complexity index is 3570. The summed E-state index contributed by atoms with van der Waals surface area (Å²) in [5, 5.41) is 9.60. The molecule has 0 saturated carbocycles. The lowest BCUT2D eigenvalue weighted by atomic mass is 9.96. The minimum Gasteiger partial charge on any atom is -0.455 e. The second-order valence-corrected chi connectivity index (χ2v) is 16.1. The number of nitrogens with zero attached hydrogens (tertiary/aromatic N) is 1. The molecule has 1 heterocycles. The minimum absolute atomic E-state index is 0.886. The van der Waals surface area contributed by atoms with Crippen LogP contribution in [0.4, 0.5) is 17.1 Å². The number of anilines is 3. The van der Waals surface area contributed by atoms with E-state index in [2.05, 4.69) is 241 Å². The molecule has 0 N–H and O–H groups in total. The maximum Gasteiger partial charge on any atom is 0.143 e. The van der Waals surface area contributed by atoms with Gasteiger partial charge in [-0.3, -0.25) is 0 Å². The third kappa shape index (κ3) is 6.20. The highest BCUT2D eigenvalue weighted by Gasteiger charge is 2.19. The van der Waals surface area contributed by atoms with Crippen molar-refractivity contribution in [2.45, 2.75) is 0 Å². The van der Waals surface area contributed by atoms with Crippen LogP contribution in [0.5, 0.6) is 0 Å². The zero-order chi connectivity index (χ0) is 41.0. The molecule has 0 fully saturated rings. The summed E-state index contributed by atoms with van der Waals surface area (Å²) < 4.78 is 6.63. The molecule has 0 radical (unpaired) electrons. The molecule has 11 aromatic carbocycles. The molecule has 12 aromatic rings. The Hall–Kier alpha value is -8.20. The topological polar surface area (TPSA) is 16.4 Å². The quantitative estimate of drug-likeness (QED) is 0.150. The lowest BCUT2D eigenvalue weighted by Gasteiger charge is -2.27. The van der Waals surface area contributed by atoms with Crippen molar-refractivity contribution in [3.05, 3.63) is 237 Å². The summed E-state index contributed by atoms with van der Waals surface area (Å²) in [7, 11) is 0. The molecule has 0 aliphatic carbocycles. The molecular weight excluding hydrogens is 751 g/mol. The number of hydrogen-bond acceptors (Lipinski definition) is 2. The highest BCUT2D eigenvalue weighted by Crippen LogP contribution is 2.44. The van der Waals surface area contributed by atoms with Crippen LogP contribution in [-0.4, -0.2) is 0 Å². The van der Waals surface area contributed by atoms with Gasteiger partial charge in [0.15, 0.2) is 0 Å². The summed E-state index contributed by atoms with van der Waals surface area (Å²) in [6, 6.07) is 85.6. The molecule has 0 aliphatic rings. The van der Waals surface area contributed by atoms with Crippen molar-refractivity contribution in [3.8, 4) is 44.5 Å². The molecule has 0 amide bonds. The van der Waals surface area contributed by atoms with Gasteiger partial charge in [-0.1, -0.05) is 176 Å². The van der Waals surface area contributed by atoms with E-state index in [4.69, 9.17) is 4.42 Å². The van der Waals surface area contributed by atoms with Gasteiger partial charge in [-0.2, -0.15) is 0 Å². The van der Waals surface area contributed by atoms with Gasteiger partial charge < -0.3 is 9.32 Å². The van der Waals surface area contributed by atoms with Crippen molar-refractivity contribution in [2.75, 3.05) is 4.90 Å². The monoisotopic (exact) mass is 789 g/mol. The normalized spacial score (nSPS) is 11.5. The molecule has 2 nitrogen and oxygen atoms in total. The molecule has 0 aliphatic heterocycles. The van der Waals surface area contributed by atoms with E-state index in [9.17, 15) is 0 Å². The van der Waals surface area contributed by atoms with E-state index in [1.807, 2.05) is 0 Å². The fraction of sp³-hybridized carbons (Fsp3) is 0. The summed E-state index contributed by atoms with van der Waals surface area (Å²) in [5.41, 5.74) is 14.3. The summed E-state index contributed by atoms with van der Waals surface area (Å²) in [6.07, 6.45) is 0. The van der Waals surface area contributed by atoms with E-state index >= 15 is 0 Å². The molecule has 0 bridgehead atoms. The molecule has 2 heteroatoms. The molecule has 1 aromatic heterocycles. The van der Waals surface area contributed by atoms with Gasteiger partial charge in [-0.25, -0.2) is 0 Å². The summed E-state index contributed by atoms with van der Waals surface area (Å²) in [6.45, 7) is 0. The molecule has 0 unspecified atom stereocenters. The van der Waals surface area contributed by atoms with Crippen molar-refractivity contribution in [3.63, 3.8) is 0 Å². The smallest absolute Gasteiger partial charge is 0.143 e. The van der Waals surface area contributed by atoms with Crippen LogP contribution in [0.1, 0.15) is 0 Å². The number of benzene rings is 11. The molecule has 0 atom stereocenters. The first kappa shape index (κ1) is 35.7. The summed E-state index contributed by atoms with van der Waals surface area (Å²) in [4.78, 5) is 2.40. The molecule has 12 rings (SSSR count). The Labute approximate surface area is 360 Å². The third-order valence-electron chi connectivity index (χ3n) is 12.4. The third-order valence-corrected chi connectivity index (χ3v) is 12.4. The fourth-order valence-corrected chi connectivity index (χ4v) is 9.38. The maximum absolute atomic E-state index is 6.63. The van der Waals surface area contributed by atoms with Crippen LogP contribution in [0.15, 0.2) is 241 Å². The lowest BCUT2D eigenvalue weighted by molar-refractivity contribution is 0.673. The number of hydrogen-bond donors (Lipinski definition) is 0. The van der Waals surface area contributed by atoms with Crippen molar-refractivity contribution in [2.24, 2.45) is 0 Å². The van der Waals surface area contributed by atoms with E-state index in [1.54, 1.807) is 0 Å². The van der Waals surface area contributed by atoms with Gasteiger partial charge >= 0.3 is 0 Å². The van der Waals surface area contributed by atoms with Crippen molar-refractivity contribution < 1.29 is 4.42 Å². The van der Waals surface area contributed by atoms with Gasteiger partial charge in [0, 0.05) is 33.2 Å². The first-order valence-electron chi connectivity index (χ1n) is 21.2. The average molecular weight is 790 g/mol. The van der Waals surface area contributed by atoms with Crippen LogP contribution in [-0.2, 0) is 0 Å². The van der Waals surface area contributed by atoms with Crippen LogP contribution < -0.4 is 4.90 Å². The zero-order valence-electron chi connectivity index (χ0n) is 33.9. The summed E-state index contributed by atoms with van der Waals surface area (Å²) in [5.74, 6) is 0. The van der Waals surface area contributed by atoms with Crippen LogP contribution in [0.3, 0.4) is 0 Å². The Morgan fingerprint density at radius 2 is 0.823 bits per heavy atom. The standard InChI is InChI=1S/C60H39NO/c1-3-13-40(14-4-1)48-36-49(41-15-5-2-6-16-41)39-52(38-48)61(50-31-27-42(28-32-50)45-30-33-54-47(35-45)26-25-43-17-7-9-21-53(43)54)51-20-11-19-46(37-51)55-23-12-24-58-59(55)57-34-29-44-18-8-10-22-56(44)60(57)62-58/h1-39H. The number of fused-ring (bicyclic) bond motifs is 8. The van der Waals surface area contributed by atoms with Crippen molar-refractivity contribution >= 4 is 71.3 Å². The van der Waals surface area contributed by atoms with E-state index in [-0.39, 0.29) is 0 Å². The van der Waals surface area contributed by atoms with Crippen LogP contribution >= 0.6 is 0 Å². The van der Waals surface area contributed by atoms with E-state index in [1.165, 1.54) is 49.2 Å². The number of rotatable bonds is 7. The van der Waals surface area contributed by atoms with Crippen molar-refractivity contribution in [1.82, 2.24) is 0 Å². The zero-order valence-corrected chi connectivity index (χ0v) is 33.9. The maximum atomic E-state index is 6.63. The Kier molecular flexibility index (Phi) is 8.53. The SMILES string of the molecule is c1ccc(-c2cc(-c3ccccc3)cc(N(c3ccc(-c4ccc5c(ccc6ccccc65)c4)cc3)c3cccc(-c4cccc5oc6c7ccccc7ccc6c45)c3)c2)cc1. The lowest BCUT2D eigenvalue weighted by Crippen LogP contribution is -2.10. The Balaban J connectivity index is 1.03. The predicted octanol–water partition coefficient (Wildman–Crippen LogP) is 17.2. The highest BCUT2D eigenvalue weighted by molar-refractivity contribution is 6.19. The molecule has 0 saturated heterocycles. The first-order chi connectivity index (χ1) is 30.7. The Morgan fingerprint density at radius 3 is 1.58 bits per heavy atom. The predicted molar refractivity (Wildman–Crippen MR) is 263 cm³/mol. The van der Waals surface area contributed by atoms with Gasteiger partial charge in [-0.05, 0) is 132 Å². The molecular formula is C60H39NO. The molecule has 62 heavy (non-hydrogen) atoms. The van der Waals surface area contributed by atoms with Gasteiger partial charge in [-0.15, -0.1) is 0 Å². The molecule has 290 valence electrons. The van der Waals surface area contributed by atoms with Gasteiger partial charge in [0.25, 0.3) is 0 Å². The van der Waals surface area contributed by atoms with Crippen molar-refractivity contribution in [1.29, 1.82) is 0 Å². The second kappa shape index (κ2) is 14.8. The first-order valence-corrected chi connectivity index (χ1v) is 21.2. The Morgan fingerprint density at radius 1 is 0.274 bits per heavy atom. The van der Waals surface area contributed by atoms with Gasteiger partial charge in [0.2, 0.25) is 0 Å².